The average Bonchev–Trinajstić information content (AvgIpc) is 3.30. The van der Waals surface area contributed by atoms with E-state index in [0.29, 0.717) is 17.0 Å². The molecule has 0 aliphatic heterocycles. The lowest BCUT2D eigenvalue weighted by Crippen LogP contribution is -2.03. The van der Waals surface area contributed by atoms with Crippen LogP contribution in [-0.4, -0.2) is 30.0 Å². The summed E-state index contributed by atoms with van der Waals surface area (Å²) in [7, 11) is 0. The van der Waals surface area contributed by atoms with Gasteiger partial charge in [0.1, 0.15) is 4.64 Å². The van der Waals surface area contributed by atoms with Gasteiger partial charge in [0.15, 0.2) is 0 Å². The van der Waals surface area contributed by atoms with Gasteiger partial charge in [0.05, 0.1) is 17.8 Å². The number of hydrogen-bond acceptors (Lipinski definition) is 4. The molecule has 0 aliphatic rings. The van der Waals surface area contributed by atoms with E-state index < -0.39 is 0 Å². The highest BCUT2D eigenvalue weighted by Gasteiger charge is 2.12. The molecule has 0 radical (unpaired) electrons. The van der Waals surface area contributed by atoms with Gasteiger partial charge in [0.25, 0.3) is 0 Å². The molecular weight excluding hydrogens is 424 g/mol. The summed E-state index contributed by atoms with van der Waals surface area (Å²) >= 11 is 9.05. The van der Waals surface area contributed by atoms with E-state index in [1.54, 1.807) is 4.80 Å². The number of aryl methyl sites for hydroxylation is 1. The number of nitrogens with zero attached hydrogens (tertiary/aromatic N) is 5. The Morgan fingerprint density at radius 2 is 1.74 bits per heavy atom. The largest absolute Gasteiger partial charge is 0.299 e. The van der Waals surface area contributed by atoms with Gasteiger partial charge in [0.2, 0.25) is 5.82 Å². The highest BCUT2D eigenvalue weighted by molar-refractivity contribution is 9.10. The standard InChI is InChI=1S/C19H17BrN6S/c1-2-13-5-9-16(10-6-13)26-19(27)17(11-21-26)18-22-24-25(23-18)12-14-3-7-15(20)8-4-14/h3-11,21H,2,12H2,1H3. The summed E-state index contributed by atoms with van der Waals surface area (Å²) < 4.78 is 3.51. The van der Waals surface area contributed by atoms with Crippen LogP contribution < -0.4 is 0 Å². The van der Waals surface area contributed by atoms with Crippen LogP contribution in [0.4, 0.5) is 0 Å². The Hall–Kier alpha value is -2.58. The zero-order chi connectivity index (χ0) is 18.8. The molecule has 136 valence electrons. The van der Waals surface area contributed by atoms with Crippen LogP contribution in [0.5, 0.6) is 0 Å². The van der Waals surface area contributed by atoms with Crippen LogP contribution in [0.2, 0.25) is 0 Å². The van der Waals surface area contributed by atoms with E-state index in [2.05, 4.69) is 55.5 Å². The molecule has 0 unspecified atom stereocenters. The third kappa shape index (κ3) is 3.77. The average molecular weight is 441 g/mol. The van der Waals surface area contributed by atoms with Crippen molar-refractivity contribution in [3.05, 3.63) is 75.0 Å². The molecule has 0 atom stereocenters. The normalized spacial score (nSPS) is 11.0. The second kappa shape index (κ2) is 7.58. The highest BCUT2D eigenvalue weighted by atomic mass is 79.9. The zero-order valence-corrected chi connectivity index (χ0v) is 17.0. The van der Waals surface area contributed by atoms with Crippen molar-refractivity contribution in [3.8, 4) is 17.1 Å². The van der Waals surface area contributed by atoms with Gasteiger partial charge in [-0.05, 0) is 47.0 Å². The minimum atomic E-state index is 0.511. The number of nitrogens with one attached hydrogen (secondary N) is 1. The summed E-state index contributed by atoms with van der Waals surface area (Å²) in [5.41, 5.74) is 4.12. The van der Waals surface area contributed by atoms with Crippen molar-refractivity contribution in [2.45, 2.75) is 19.9 Å². The first kappa shape index (κ1) is 17.8. The number of benzene rings is 2. The Kier molecular flexibility index (Phi) is 5.00. The van der Waals surface area contributed by atoms with Crippen molar-refractivity contribution in [2.75, 3.05) is 0 Å². The highest BCUT2D eigenvalue weighted by Crippen LogP contribution is 2.19. The fourth-order valence-electron chi connectivity index (χ4n) is 2.77. The minimum absolute atomic E-state index is 0.511. The van der Waals surface area contributed by atoms with Gasteiger partial charge in [-0.1, -0.05) is 59.3 Å². The molecule has 0 spiro atoms. The zero-order valence-electron chi connectivity index (χ0n) is 14.6. The maximum atomic E-state index is 5.61. The number of tetrazole rings is 1. The minimum Gasteiger partial charge on any atom is -0.299 e. The van der Waals surface area contributed by atoms with Gasteiger partial charge in [-0.2, -0.15) is 4.80 Å². The van der Waals surface area contributed by atoms with E-state index in [1.165, 1.54) is 5.56 Å². The number of rotatable bonds is 5. The molecule has 6 nitrogen and oxygen atoms in total. The smallest absolute Gasteiger partial charge is 0.209 e. The molecule has 0 saturated heterocycles. The van der Waals surface area contributed by atoms with Gasteiger partial charge in [-0.3, -0.25) is 5.10 Å². The first-order chi connectivity index (χ1) is 13.1. The van der Waals surface area contributed by atoms with E-state index in [4.69, 9.17) is 12.2 Å². The maximum absolute atomic E-state index is 5.61. The molecule has 0 aliphatic carbocycles. The third-order valence-electron chi connectivity index (χ3n) is 4.31. The molecule has 0 bridgehead atoms. The molecular formula is C19H17BrN6S. The first-order valence-corrected chi connectivity index (χ1v) is 9.76. The summed E-state index contributed by atoms with van der Waals surface area (Å²) in [5.74, 6) is 0.511. The summed E-state index contributed by atoms with van der Waals surface area (Å²) in [5, 5.41) is 16.0. The molecule has 2 heterocycles. The van der Waals surface area contributed by atoms with Crippen molar-refractivity contribution in [2.24, 2.45) is 0 Å². The molecule has 4 rings (SSSR count). The van der Waals surface area contributed by atoms with E-state index in [-0.39, 0.29) is 0 Å². The Balaban J connectivity index is 1.59. The van der Waals surface area contributed by atoms with Crippen molar-refractivity contribution in [1.82, 2.24) is 30.0 Å². The predicted molar refractivity (Wildman–Crippen MR) is 110 cm³/mol. The molecule has 2 aromatic heterocycles. The van der Waals surface area contributed by atoms with Crippen LogP contribution in [0.15, 0.2) is 59.2 Å². The van der Waals surface area contributed by atoms with Crippen molar-refractivity contribution < 1.29 is 0 Å². The van der Waals surface area contributed by atoms with Crippen LogP contribution in [0, 0.1) is 4.64 Å². The lowest BCUT2D eigenvalue weighted by molar-refractivity contribution is 0.573. The van der Waals surface area contributed by atoms with E-state index in [9.17, 15) is 0 Å². The summed E-state index contributed by atoms with van der Waals surface area (Å²) in [6.45, 7) is 2.69. The fourth-order valence-corrected chi connectivity index (χ4v) is 3.35. The summed E-state index contributed by atoms with van der Waals surface area (Å²) in [6, 6.07) is 16.3. The Bertz CT molecular complexity index is 1110. The number of aromatic amines is 1. The van der Waals surface area contributed by atoms with Crippen LogP contribution in [0.1, 0.15) is 18.1 Å². The van der Waals surface area contributed by atoms with Crippen LogP contribution in [-0.2, 0) is 13.0 Å². The van der Waals surface area contributed by atoms with Gasteiger partial charge in [-0.15, -0.1) is 10.2 Å². The lowest BCUT2D eigenvalue weighted by Gasteiger charge is -2.03. The molecule has 4 aromatic rings. The molecule has 0 fully saturated rings. The number of H-pyrrole nitrogens is 1. The topological polar surface area (TPSA) is 64.3 Å². The van der Waals surface area contributed by atoms with E-state index in [0.717, 1.165) is 27.7 Å². The van der Waals surface area contributed by atoms with Gasteiger partial charge < -0.3 is 0 Å². The van der Waals surface area contributed by atoms with Gasteiger partial charge in [-0.25, -0.2) is 4.68 Å². The van der Waals surface area contributed by atoms with E-state index in [1.807, 2.05) is 47.3 Å². The lowest BCUT2D eigenvalue weighted by atomic mass is 10.1. The molecule has 0 saturated carbocycles. The van der Waals surface area contributed by atoms with Crippen LogP contribution in [0.3, 0.4) is 0 Å². The second-order valence-corrected chi connectivity index (χ2v) is 7.42. The quantitative estimate of drug-likeness (QED) is 0.461. The number of hydrogen-bond donors (Lipinski definition) is 1. The maximum Gasteiger partial charge on any atom is 0.209 e. The van der Waals surface area contributed by atoms with Gasteiger partial charge >= 0.3 is 0 Å². The number of halogens is 1. The Labute approximate surface area is 170 Å². The van der Waals surface area contributed by atoms with E-state index >= 15 is 0 Å². The SMILES string of the molecule is CCc1ccc(-n2[nH]cc(-c3nnn(Cc4ccc(Br)cc4)n3)c2=S)cc1. The molecule has 0 amide bonds. The van der Waals surface area contributed by atoms with Crippen molar-refractivity contribution in [1.29, 1.82) is 0 Å². The third-order valence-corrected chi connectivity index (χ3v) is 5.24. The molecule has 1 N–H and O–H groups in total. The molecule has 8 heteroatoms. The van der Waals surface area contributed by atoms with Gasteiger partial charge in [0, 0.05) is 10.7 Å². The van der Waals surface area contributed by atoms with Crippen molar-refractivity contribution in [3.63, 3.8) is 0 Å². The molecule has 27 heavy (non-hydrogen) atoms. The van der Waals surface area contributed by atoms with Crippen molar-refractivity contribution >= 4 is 28.1 Å². The first-order valence-electron chi connectivity index (χ1n) is 8.56. The Morgan fingerprint density at radius 1 is 1.04 bits per heavy atom. The predicted octanol–water partition coefficient (Wildman–Crippen LogP) is 4.56. The van der Waals surface area contributed by atoms with Crippen LogP contribution in [0.25, 0.3) is 17.1 Å². The molecule has 2 aromatic carbocycles. The fraction of sp³-hybridized carbons (Fsp3) is 0.158. The summed E-state index contributed by atoms with van der Waals surface area (Å²) in [4.78, 5) is 1.57. The Morgan fingerprint density at radius 3 is 2.44 bits per heavy atom. The number of aromatic nitrogens is 6. The van der Waals surface area contributed by atoms with Crippen LogP contribution >= 0.6 is 28.1 Å². The second-order valence-electron chi connectivity index (χ2n) is 6.12. The monoisotopic (exact) mass is 440 g/mol. The summed E-state index contributed by atoms with van der Waals surface area (Å²) in [6.07, 6.45) is 2.82.